The van der Waals surface area contributed by atoms with Gasteiger partial charge in [-0.15, -0.1) is 4.91 Å². The molecule has 0 heterocycles. The molecule has 0 aliphatic heterocycles. The van der Waals surface area contributed by atoms with Gasteiger partial charge in [0.25, 0.3) is 0 Å². The highest BCUT2D eigenvalue weighted by Crippen LogP contribution is 2.16. The first-order chi connectivity index (χ1) is 7.69. The molecule has 0 saturated carbocycles. The van der Waals surface area contributed by atoms with E-state index in [0.717, 1.165) is 12.8 Å². The third kappa shape index (κ3) is 3.05. The number of nitroso groups, excluding NO2 is 1. The number of nitrogens with zero attached hydrogens (tertiary/aromatic N) is 2. The van der Waals surface area contributed by atoms with Gasteiger partial charge in [0.2, 0.25) is 5.91 Å². The van der Waals surface area contributed by atoms with Gasteiger partial charge in [-0.25, -0.2) is 5.01 Å². The summed E-state index contributed by atoms with van der Waals surface area (Å²) in [4.78, 5) is 21.5. The van der Waals surface area contributed by atoms with Crippen molar-refractivity contribution in [2.24, 2.45) is 11.0 Å². The van der Waals surface area contributed by atoms with Crippen LogP contribution in [0.1, 0.15) is 30.1 Å². The van der Waals surface area contributed by atoms with Crippen LogP contribution in [-0.4, -0.2) is 12.5 Å². The van der Waals surface area contributed by atoms with E-state index < -0.39 is 5.91 Å². The Hall–Kier alpha value is -1.91. The maximum absolute atomic E-state index is 10.8. The van der Waals surface area contributed by atoms with Gasteiger partial charge in [-0.3, -0.25) is 4.79 Å². The molecule has 0 radical (unpaired) electrons. The predicted molar refractivity (Wildman–Crippen MR) is 63.0 cm³/mol. The lowest BCUT2D eigenvalue weighted by atomic mass is 10.2. The molecule has 0 fully saturated rings. The Bertz CT molecular complexity index is 362. The summed E-state index contributed by atoms with van der Waals surface area (Å²) in [5, 5.41) is 4.31. The Kier molecular flexibility index (Phi) is 4.44. The smallest absolute Gasteiger partial charge is 0.248 e. The lowest BCUT2D eigenvalue weighted by molar-refractivity contribution is 0.100. The second-order valence-electron chi connectivity index (χ2n) is 3.47. The number of carbonyl (C=O) groups excluding carboxylic acids is 1. The van der Waals surface area contributed by atoms with Crippen LogP contribution in [0, 0.1) is 4.91 Å². The number of hydrogen-bond acceptors (Lipinski definition) is 3. The minimum atomic E-state index is -0.481. The minimum Gasteiger partial charge on any atom is -0.366 e. The second kappa shape index (κ2) is 5.85. The number of hydrogen-bond donors (Lipinski definition) is 1. The van der Waals surface area contributed by atoms with Gasteiger partial charge >= 0.3 is 0 Å². The monoisotopic (exact) mass is 221 g/mol. The standard InChI is InChI=1S/C11H15N3O2/c1-2-3-8-14(13-16)10-6-4-9(5-7-10)11(12)15/h4-7H,2-3,8H2,1H3,(H2,12,15). The molecule has 0 atom stereocenters. The topological polar surface area (TPSA) is 75.8 Å². The Morgan fingerprint density at radius 3 is 2.44 bits per heavy atom. The molecule has 1 aromatic carbocycles. The minimum absolute atomic E-state index is 0.421. The third-order valence-corrected chi connectivity index (χ3v) is 2.27. The second-order valence-corrected chi connectivity index (χ2v) is 3.47. The molecular formula is C11H15N3O2. The average molecular weight is 221 g/mol. The summed E-state index contributed by atoms with van der Waals surface area (Å²) in [6.45, 7) is 2.62. The molecular weight excluding hydrogens is 206 g/mol. The molecule has 0 aromatic heterocycles. The van der Waals surface area contributed by atoms with Crippen molar-refractivity contribution < 1.29 is 4.79 Å². The number of nitrogens with two attached hydrogens (primary N) is 1. The molecule has 16 heavy (non-hydrogen) atoms. The zero-order chi connectivity index (χ0) is 12.0. The Morgan fingerprint density at radius 1 is 1.38 bits per heavy atom. The number of benzene rings is 1. The van der Waals surface area contributed by atoms with Gasteiger partial charge in [0.15, 0.2) is 0 Å². The van der Waals surface area contributed by atoms with Crippen LogP contribution in [0.3, 0.4) is 0 Å². The van der Waals surface area contributed by atoms with Crippen molar-refractivity contribution >= 4 is 11.6 Å². The molecule has 0 unspecified atom stereocenters. The van der Waals surface area contributed by atoms with Gasteiger partial charge in [0, 0.05) is 12.1 Å². The quantitative estimate of drug-likeness (QED) is 0.590. The van der Waals surface area contributed by atoms with E-state index in [-0.39, 0.29) is 0 Å². The van der Waals surface area contributed by atoms with Crippen LogP contribution in [0.5, 0.6) is 0 Å². The molecule has 0 aliphatic carbocycles. The van der Waals surface area contributed by atoms with E-state index in [1.54, 1.807) is 24.3 Å². The van der Waals surface area contributed by atoms with E-state index in [2.05, 4.69) is 5.29 Å². The molecule has 0 saturated heterocycles. The summed E-state index contributed by atoms with van der Waals surface area (Å²) < 4.78 is 0. The van der Waals surface area contributed by atoms with Crippen molar-refractivity contribution in [2.75, 3.05) is 11.6 Å². The summed E-state index contributed by atoms with van der Waals surface area (Å²) >= 11 is 0. The highest BCUT2D eigenvalue weighted by atomic mass is 16.3. The van der Waals surface area contributed by atoms with Crippen LogP contribution in [0.2, 0.25) is 0 Å². The van der Waals surface area contributed by atoms with Gasteiger partial charge in [-0.05, 0) is 30.7 Å². The van der Waals surface area contributed by atoms with Gasteiger partial charge < -0.3 is 5.73 Å². The molecule has 2 N–H and O–H groups in total. The van der Waals surface area contributed by atoms with Gasteiger partial charge in [-0.1, -0.05) is 13.3 Å². The van der Waals surface area contributed by atoms with Gasteiger partial charge in [0.1, 0.15) is 0 Å². The summed E-state index contributed by atoms with van der Waals surface area (Å²) in [5.41, 5.74) is 6.21. The van der Waals surface area contributed by atoms with Crippen molar-refractivity contribution in [1.29, 1.82) is 0 Å². The largest absolute Gasteiger partial charge is 0.366 e. The first-order valence-electron chi connectivity index (χ1n) is 5.19. The molecule has 0 spiro atoms. The molecule has 5 nitrogen and oxygen atoms in total. The highest BCUT2D eigenvalue weighted by Gasteiger charge is 2.06. The van der Waals surface area contributed by atoms with Gasteiger partial charge in [-0.2, -0.15) is 0 Å². The molecule has 1 aromatic rings. The SMILES string of the molecule is CCCCN(N=O)c1ccc(C(N)=O)cc1. The van der Waals surface area contributed by atoms with Gasteiger partial charge in [0.05, 0.1) is 11.0 Å². The van der Waals surface area contributed by atoms with Crippen LogP contribution in [0.4, 0.5) is 5.69 Å². The summed E-state index contributed by atoms with van der Waals surface area (Å²) in [6, 6.07) is 6.50. The van der Waals surface area contributed by atoms with Crippen molar-refractivity contribution in [3.63, 3.8) is 0 Å². The summed E-state index contributed by atoms with van der Waals surface area (Å²) in [5.74, 6) is -0.481. The summed E-state index contributed by atoms with van der Waals surface area (Å²) in [6.07, 6.45) is 1.88. The highest BCUT2D eigenvalue weighted by molar-refractivity contribution is 5.93. The van der Waals surface area contributed by atoms with E-state index >= 15 is 0 Å². The fourth-order valence-electron chi connectivity index (χ4n) is 1.32. The zero-order valence-corrected chi connectivity index (χ0v) is 9.22. The maximum Gasteiger partial charge on any atom is 0.248 e. The Morgan fingerprint density at radius 2 is 2.00 bits per heavy atom. The lowest BCUT2D eigenvalue weighted by Gasteiger charge is -2.14. The summed E-state index contributed by atoms with van der Waals surface area (Å²) in [7, 11) is 0. The fraction of sp³-hybridized carbons (Fsp3) is 0.364. The number of anilines is 1. The maximum atomic E-state index is 10.8. The number of unbranched alkanes of at least 4 members (excludes halogenated alkanes) is 1. The Balaban J connectivity index is 2.78. The zero-order valence-electron chi connectivity index (χ0n) is 9.22. The van der Waals surface area contributed by atoms with Crippen molar-refractivity contribution in [2.45, 2.75) is 19.8 Å². The van der Waals surface area contributed by atoms with Crippen molar-refractivity contribution in [3.05, 3.63) is 34.7 Å². The van der Waals surface area contributed by atoms with Crippen LogP contribution in [0.25, 0.3) is 0 Å². The molecule has 5 heteroatoms. The predicted octanol–water partition coefficient (Wildman–Crippen LogP) is 2.07. The van der Waals surface area contributed by atoms with Crippen LogP contribution >= 0.6 is 0 Å². The lowest BCUT2D eigenvalue weighted by Crippen LogP contribution is -2.17. The van der Waals surface area contributed by atoms with Crippen LogP contribution in [0.15, 0.2) is 29.6 Å². The molecule has 86 valence electrons. The fourth-order valence-corrected chi connectivity index (χ4v) is 1.32. The third-order valence-electron chi connectivity index (χ3n) is 2.27. The molecule has 1 amide bonds. The van der Waals surface area contributed by atoms with E-state index in [0.29, 0.717) is 17.8 Å². The first-order valence-corrected chi connectivity index (χ1v) is 5.19. The normalized spacial score (nSPS) is 9.81. The number of rotatable bonds is 6. The number of primary amides is 1. The Labute approximate surface area is 94.2 Å². The van der Waals surface area contributed by atoms with Crippen LogP contribution in [-0.2, 0) is 0 Å². The van der Waals surface area contributed by atoms with Crippen molar-refractivity contribution in [3.8, 4) is 0 Å². The number of carbonyl (C=O) groups is 1. The average Bonchev–Trinajstić information content (AvgIpc) is 2.30. The van der Waals surface area contributed by atoms with Crippen molar-refractivity contribution in [1.82, 2.24) is 0 Å². The molecule has 1 rings (SSSR count). The van der Waals surface area contributed by atoms with Crippen LogP contribution < -0.4 is 10.7 Å². The van der Waals surface area contributed by atoms with E-state index in [1.807, 2.05) is 6.92 Å². The van der Waals surface area contributed by atoms with E-state index in [1.165, 1.54) is 5.01 Å². The first kappa shape index (κ1) is 12.2. The molecule has 0 aliphatic rings. The number of amides is 1. The molecule has 0 bridgehead atoms. The van der Waals surface area contributed by atoms with E-state index in [9.17, 15) is 9.70 Å². The van der Waals surface area contributed by atoms with E-state index in [4.69, 9.17) is 5.73 Å².